The molecule has 0 N–H and O–H groups in total. The number of carbonyl (C=O) groups is 1. The molecule has 0 aliphatic heterocycles. The number of nitrogens with zero attached hydrogens (tertiary/aromatic N) is 3. The third-order valence-electron chi connectivity index (χ3n) is 3.36. The first-order valence-electron chi connectivity index (χ1n) is 7.76. The first-order chi connectivity index (χ1) is 11.2. The fourth-order valence-electron chi connectivity index (χ4n) is 2.09. The minimum absolute atomic E-state index is 0.205. The Hall–Kier alpha value is -2.74. The Kier molecular flexibility index (Phi) is 6.25. The topological polar surface area (TPSA) is 75.9 Å². The van der Waals surface area contributed by atoms with Crippen molar-refractivity contribution in [2.75, 3.05) is 0 Å². The van der Waals surface area contributed by atoms with Crippen LogP contribution in [0.4, 0.5) is 0 Å². The summed E-state index contributed by atoms with van der Waals surface area (Å²) in [6, 6.07) is 9.01. The number of rotatable bonds is 7. The van der Waals surface area contributed by atoms with Gasteiger partial charge in [0, 0.05) is 24.4 Å². The predicted molar refractivity (Wildman–Crippen MR) is 86.6 cm³/mol. The highest BCUT2D eigenvalue weighted by atomic mass is 16.5. The number of aromatic nitrogens is 2. The lowest BCUT2D eigenvalue weighted by Crippen LogP contribution is -2.07. The van der Waals surface area contributed by atoms with Crippen molar-refractivity contribution in [3.63, 3.8) is 0 Å². The molecule has 0 amide bonds. The molecule has 2 rings (SSSR count). The van der Waals surface area contributed by atoms with Gasteiger partial charge in [-0.05, 0) is 30.7 Å². The van der Waals surface area contributed by atoms with Gasteiger partial charge >= 0.3 is 5.97 Å². The summed E-state index contributed by atoms with van der Waals surface area (Å²) < 4.78 is 5.30. The molecule has 0 atom stereocenters. The molecule has 1 aromatic heterocycles. The number of benzene rings is 1. The summed E-state index contributed by atoms with van der Waals surface area (Å²) in [5, 5.41) is 8.73. The molecule has 0 spiro atoms. The molecular weight excluding hydrogens is 290 g/mol. The number of nitriles is 1. The molecule has 23 heavy (non-hydrogen) atoms. The van der Waals surface area contributed by atoms with Gasteiger partial charge < -0.3 is 4.74 Å². The van der Waals surface area contributed by atoms with Crippen molar-refractivity contribution in [2.45, 2.75) is 39.0 Å². The van der Waals surface area contributed by atoms with Crippen LogP contribution < -0.4 is 4.74 Å². The summed E-state index contributed by atoms with van der Waals surface area (Å²) in [6.45, 7) is 2.14. The van der Waals surface area contributed by atoms with E-state index in [9.17, 15) is 4.79 Å². The van der Waals surface area contributed by atoms with Crippen LogP contribution in [0, 0.1) is 11.3 Å². The number of esters is 1. The number of ether oxygens (including phenoxy) is 1. The van der Waals surface area contributed by atoms with Gasteiger partial charge in [-0.25, -0.2) is 9.97 Å². The maximum absolute atomic E-state index is 11.7. The third kappa shape index (κ3) is 5.19. The molecular formula is C18H19N3O2. The zero-order valence-electron chi connectivity index (χ0n) is 13.2. The Balaban J connectivity index is 1.91. The number of hydrogen-bond donors (Lipinski definition) is 0. The smallest absolute Gasteiger partial charge is 0.311 e. The van der Waals surface area contributed by atoms with Crippen molar-refractivity contribution in [1.82, 2.24) is 9.97 Å². The third-order valence-corrected chi connectivity index (χ3v) is 3.36. The van der Waals surface area contributed by atoms with Crippen molar-refractivity contribution >= 4 is 5.97 Å². The van der Waals surface area contributed by atoms with E-state index in [1.165, 1.54) is 12.4 Å². The minimum Gasteiger partial charge on any atom is -0.427 e. The summed E-state index contributed by atoms with van der Waals surface area (Å²) in [6.07, 6.45) is 7.62. The highest BCUT2D eigenvalue weighted by Gasteiger charge is 2.06. The van der Waals surface area contributed by atoms with Crippen LogP contribution in [0.1, 0.15) is 44.6 Å². The van der Waals surface area contributed by atoms with Crippen molar-refractivity contribution in [2.24, 2.45) is 0 Å². The van der Waals surface area contributed by atoms with Crippen LogP contribution in [0.5, 0.6) is 5.75 Å². The van der Waals surface area contributed by atoms with Crippen LogP contribution in [0.2, 0.25) is 0 Å². The molecule has 0 unspecified atom stereocenters. The lowest BCUT2D eigenvalue weighted by molar-refractivity contribution is -0.134. The van der Waals surface area contributed by atoms with Crippen LogP contribution in [-0.2, 0) is 4.79 Å². The van der Waals surface area contributed by atoms with Gasteiger partial charge in [-0.2, -0.15) is 5.26 Å². The Morgan fingerprint density at radius 3 is 2.43 bits per heavy atom. The first kappa shape index (κ1) is 16.6. The number of hydrogen-bond acceptors (Lipinski definition) is 5. The largest absolute Gasteiger partial charge is 0.427 e. The van der Waals surface area contributed by atoms with Gasteiger partial charge in [0.25, 0.3) is 0 Å². The van der Waals surface area contributed by atoms with Crippen molar-refractivity contribution in [1.29, 1.82) is 5.26 Å². The Morgan fingerprint density at radius 2 is 1.83 bits per heavy atom. The lowest BCUT2D eigenvalue weighted by atomic mass is 10.1. The van der Waals surface area contributed by atoms with Gasteiger partial charge in [-0.3, -0.25) is 4.79 Å². The normalized spacial score (nSPS) is 10.1. The van der Waals surface area contributed by atoms with E-state index in [2.05, 4.69) is 16.9 Å². The predicted octanol–water partition coefficient (Wildman–Crippen LogP) is 3.89. The zero-order valence-corrected chi connectivity index (χ0v) is 13.2. The highest BCUT2D eigenvalue weighted by molar-refractivity contribution is 5.72. The fraction of sp³-hybridized carbons (Fsp3) is 0.333. The molecule has 5 nitrogen and oxygen atoms in total. The van der Waals surface area contributed by atoms with Gasteiger partial charge in [0.05, 0.1) is 5.56 Å². The minimum atomic E-state index is -0.205. The van der Waals surface area contributed by atoms with E-state index in [0.717, 1.165) is 31.2 Å². The molecule has 1 aromatic carbocycles. The van der Waals surface area contributed by atoms with Gasteiger partial charge in [-0.1, -0.05) is 26.2 Å². The van der Waals surface area contributed by atoms with Crippen LogP contribution in [0.25, 0.3) is 11.4 Å². The Bertz CT molecular complexity index is 673. The molecule has 0 saturated heterocycles. The maximum atomic E-state index is 11.7. The van der Waals surface area contributed by atoms with E-state index >= 15 is 0 Å². The highest BCUT2D eigenvalue weighted by Crippen LogP contribution is 2.19. The van der Waals surface area contributed by atoms with E-state index in [4.69, 9.17) is 10.00 Å². The molecule has 0 fully saturated rings. The van der Waals surface area contributed by atoms with E-state index < -0.39 is 0 Å². The quantitative estimate of drug-likeness (QED) is 0.440. The van der Waals surface area contributed by atoms with Crippen LogP contribution >= 0.6 is 0 Å². The second-order valence-corrected chi connectivity index (χ2v) is 5.22. The summed E-state index contributed by atoms with van der Waals surface area (Å²) in [7, 11) is 0. The van der Waals surface area contributed by atoms with E-state index in [1.807, 2.05) is 6.07 Å². The number of unbranched alkanes of at least 4 members (excludes halogenated alkanes) is 3. The monoisotopic (exact) mass is 309 g/mol. The van der Waals surface area contributed by atoms with E-state index in [-0.39, 0.29) is 5.97 Å². The molecule has 1 heterocycles. The van der Waals surface area contributed by atoms with E-state index in [0.29, 0.717) is 23.6 Å². The van der Waals surface area contributed by atoms with Crippen LogP contribution in [-0.4, -0.2) is 15.9 Å². The van der Waals surface area contributed by atoms with Crippen molar-refractivity contribution in [3.8, 4) is 23.2 Å². The Morgan fingerprint density at radius 1 is 1.13 bits per heavy atom. The maximum Gasteiger partial charge on any atom is 0.311 e. The summed E-state index contributed by atoms with van der Waals surface area (Å²) in [5.74, 6) is 0.841. The standard InChI is InChI=1S/C18H19N3O2/c1-2-3-4-5-6-17(22)23-16-9-7-15(8-10-16)18-20-12-14(11-19)13-21-18/h7-10,12-13H,2-6H2,1H3. The molecule has 0 saturated carbocycles. The van der Waals surface area contributed by atoms with E-state index in [1.54, 1.807) is 24.3 Å². The first-order valence-corrected chi connectivity index (χ1v) is 7.76. The molecule has 118 valence electrons. The molecule has 0 aliphatic rings. The zero-order chi connectivity index (χ0) is 16.5. The second-order valence-electron chi connectivity index (χ2n) is 5.22. The number of carbonyl (C=O) groups excluding carboxylic acids is 1. The van der Waals surface area contributed by atoms with Gasteiger partial charge in [0.1, 0.15) is 11.8 Å². The molecule has 0 aliphatic carbocycles. The van der Waals surface area contributed by atoms with Crippen molar-refractivity contribution in [3.05, 3.63) is 42.2 Å². The average molecular weight is 309 g/mol. The van der Waals surface area contributed by atoms with Crippen molar-refractivity contribution < 1.29 is 9.53 Å². The lowest BCUT2D eigenvalue weighted by Gasteiger charge is -2.05. The average Bonchev–Trinajstić information content (AvgIpc) is 2.59. The van der Waals surface area contributed by atoms with Crippen LogP contribution in [0.15, 0.2) is 36.7 Å². The molecule has 0 radical (unpaired) electrons. The fourth-order valence-corrected chi connectivity index (χ4v) is 2.09. The SMILES string of the molecule is CCCCCCC(=O)Oc1ccc(-c2ncc(C#N)cn2)cc1. The summed E-state index contributed by atoms with van der Waals surface area (Å²) in [4.78, 5) is 20.0. The van der Waals surface area contributed by atoms with Crippen LogP contribution in [0.3, 0.4) is 0 Å². The summed E-state index contributed by atoms with van der Waals surface area (Å²) >= 11 is 0. The molecule has 0 bridgehead atoms. The summed E-state index contributed by atoms with van der Waals surface area (Å²) in [5.41, 5.74) is 1.22. The van der Waals surface area contributed by atoms with Gasteiger partial charge in [-0.15, -0.1) is 0 Å². The van der Waals surface area contributed by atoms with Gasteiger partial charge in [0.15, 0.2) is 5.82 Å². The Labute approximate surface area is 136 Å². The molecule has 5 heteroatoms. The second kappa shape index (κ2) is 8.64. The molecule has 2 aromatic rings. The van der Waals surface area contributed by atoms with Gasteiger partial charge in [0.2, 0.25) is 0 Å².